The first-order chi connectivity index (χ1) is 6.79. The molecule has 14 heavy (non-hydrogen) atoms. The van der Waals surface area contributed by atoms with Crippen molar-refractivity contribution in [3.8, 4) is 0 Å². The van der Waals surface area contributed by atoms with E-state index in [0.29, 0.717) is 0 Å². The molecule has 0 unspecified atom stereocenters. The maximum Gasteiger partial charge on any atom is 0.257 e. The number of fused-ring (bicyclic) bond motifs is 1. The van der Waals surface area contributed by atoms with Gasteiger partial charge in [-0.15, -0.1) is 0 Å². The SMILES string of the molecule is NNC(=O)Cn1nc2ccccc2n1. The van der Waals surface area contributed by atoms with Crippen molar-refractivity contribution in [2.24, 2.45) is 5.84 Å². The van der Waals surface area contributed by atoms with Crippen LogP contribution in [0.1, 0.15) is 0 Å². The lowest BCUT2D eigenvalue weighted by molar-refractivity contribution is -0.122. The first kappa shape index (κ1) is 8.64. The van der Waals surface area contributed by atoms with E-state index < -0.39 is 0 Å². The molecule has 0 saturated heterocycles. The van der Waals surface area contributed by atoms with Crippen LogP contribution in [-0.4, -0.2) is 20.9 Å². The van der Waals surface area contributed by atoms with Crippen molar-refractivity contribution in [2.45, 2.75) is 6.54 Å². The lowest BCUT2D eigenvalue weighted by Gasteiger charge is -1.96. The average Bonchev–Trinajstić information content (AvgIpc) is 2.59. The van der Waals surface area contributed by atoms with Crippen LogP contribution in [0.2, 0.25) is 0 Å². The maximum absolute atomic E-state index is 10.9. The summed E-state index contributed by atoms with van der Waals surface area (Å²) in [7, 11) is 0. The summed E-state index contributed by atoms with van der Waals surface area (Å²) in [5.74, 6) is 4.62. The number of benzene rings is 1. The molecular weight excluding hydrogens is 182 g/mol. The molecule has 0 atom stereocenters. The third-order valence-corrected chi connectivity index (χ3v) is 1.77. The van der Waals surface area contributed by atoms with E-state index in [9.17, 15) is 4.79 Å². The molecule has 0 fully saturated rings. The predicted molar refractivity (Wildman–Crippen MR) is 49.9 cm³/mol. The van der Waals surface area contributed by atoms with Crippen molar-refractivity contribution in [2.75, 3.05) is 0 Å². The fourth-order valence-electron chi connectivity index (χ4n) is 1.15. The van der Waals surface area contributed by atoms with Gasteiger partial charge in [0.15, 0.2) is 0 Å². The molecule has 0 radical (unpaired) electrons. The van der Waals surface area contributed by atoms with Crippen molar-refractivity contribution >= 4 is 16.9 Å². The van der Waals surface area contributed by atoms with Gasteiger partial charge in [-0.3, -0.25) is 10.2 Å². The number of nitrogens with two attached hydrogens (primary N) is 1. The van der Waals surface area contributed by atoms with Crippen LogP contribution >= 0.6 is 0 Å². The van der Waals surface area contributed by atoms with Gasteiger partial charge in [-0.2, -0.15) is 15.0 Å². The highest BCUT2D eigenvalue weighted by Gasteiger charge is 2.04. The normalized spacial score (nSPS) is 10.4. The van der Waals surface area contributed by atoms with Crippen molar-refractivity contribution in [1.29, 1.82) is 0 Å². The topological polar surface area (TPSA) is 85.8 Å². The molecule has 1 heterocycles. The molecule has 6 heteroatoms. The van der Waals surface area contributed by atoms with Crippen LogP contribution in [0, 0.1) is 0 Å². The number of carbonyl (C=O) groups is 1. The zero-order chi connectivity index (χ0) is 9.97. The van der Waals surface area contributed by atoms with E-state index in [1.807, 2.05) is 29.7 Å². The molecule has 0 saturated carbocycles. The summed E-state index contributed by atoms with van der Waals surface area (Å²) < 4.78 is 0. The van der Waals surface area contributed by atoms with E-state index in [1.54, 1.807) is 0 Å². The van der Waals surface area contributed by atoms with Crippen LogP contribution in [0.4, 0.5) is 0 Å². The highest BCUT2D eigenvalue weighted by atomic mass is 16.2. The Hall–Kier alpha value is -1.95. The Morgan fingerprint density at radius 1 is 1.36 bits per heavy atom. The Kier molecular flexibility index (Phi) is 2.11. The van der Waals surface area contributed by atoms with Crippen LogP contribution in [0.5, 0.6) is 0 Å². The highest BCUT2D eigenvalue weighted by molar-refractivity contribution is 5.76. The third kappa shape index (κ3) is 1.55. The first-order valence-electron chi connectivity index (χ1n) is 4.09. The average molecular weight is 191 g/mol. The number of carbonyl (C=O) groups excluding carboxylic acids is 1. The predicted octanol–water partition coefficient (Wildman–Crippen LogP) is -0.579. The zero-order valence-corrected chi connectivity index (χ0v) is 7.34. The van der Waals surface area contributed by atoms with Gasteiger partial charge in [0.05, 0.1) is 0 Å². The van der Waals surface area contributed by atoms with Gasteiger partial charge < -0.3 is 0 Å². The molecule has 0 bridgehead atoms. The number of amides is 1. The van der Waals surface area contributed by atoms with Gasteiger partial charge in [0.2, 0.25) is 0 Å². The Bertz CT molecular complexity index is 430. The lowest BCUT2D eigenvalue weighted by Crippen LogP contribution is -2.33. The maximum atomic E-state index is 10.9. The van der Waals surface area contributed by atoms with Gasteiger partial charge in [-0.05, 0) is 12.1 Å². The molecule has 3 N–H and O–H groups in total. The van der Waals surface area contributed by atoms with E-state index >= 15 is 0 Å². The number of nitrogens with zero attached hydrogens (tertiary/aromatic N) is 3. The molecule has 1 aromatic carbocycles. The molecular formula is C8H9N5O. The highest BCUT2D eigenvalue weighted by Crippen LogP contribution is 2.06. The number of hydrogen-bond acceptors (Lipinski definition) is 4. The standard InChI is InChI=1S/C8H9N5O/c9-10-8(14)5-13-11-6-3-1-2-4-7(6)12-13/h1-4H,5,9H2,(H,10,14). The van der Waals surface area contributed by atoms with Crippen molar-refractivity contribution in [3.05, 3.63) is 24.3 Å². The molecule has 0 aliphatic carbocycles. The van der Waals surface area contributed by atoms with Crippen molar-refractivity contribution in [1.82, 2.24) is 20.4 Å². The number of aromatic nitrogens is 3. The van der Waals surface area contributed by atoms with Gasteiger partial charge in [0.25, 0.3) is 5.91 Å². The van der Waals surface area contributed by atoms with Crippen LogP contribution < -0.4 is 11.3 Å². The summed E-state index contributed by atoms with van der Waals surface area (Å²) >= 11 is 0. The minimum absolute atomic E-state index is 0.0329. The van der Waals surface area contributed by atoms with Gasteiger partial charge in [-0.1, -0.05) is 12.1 Å². The van der Waals surface area contributed by atoms with Gasteiger partial charge in [0.1, 0.15) is 17.6 Å². The van der Waals surface area contributed by atoms with Crippen molar-refractivity contribution in [3.63, 3.8) is 0 Å². The van der Waals surface area contributed by atoms with Gasteiger partial charge >= 0.3 is 0 Å². The van der Waals surface area contributed by atoms with Crippen LogP contribution in [0.15, 0.2) is 24.3 Å². The largest absolute Gasteiger partial charge is 0.293 e. The zero-order valence-electron chi connectivity index (χ0n) is 7.34. The summed E-state index contributed by atoms with van der Waals surface area (Å²) in [6, 6.07) is 7.40. The minimum Gasteiger partial charge on any atom is -0.293 e. The Morgan fingerprint density at radius 3 is 2.43 bits per heavy atom. The molecule has 72 valence electrons. The molecule has 0 spiro atoms. The summed E-state index contributed by atoms with van der Waals surface area (Å²) in [5.41, 5.74) is 3.54. The summed E-state index contributed by atoms with van der Waals surface area (Å²) in [4.78, 5) is 12.2. The number of hydrogen-bond donors (Lipinski definition) is 2. The van der Waals surface area contributed by atoms with E-state index in [4.69, 9.17) is 5.84 Å². The number of rotatable bonds is 2. The second-order valence-corrected chi connectivity index (χ2v) is 2.79. The monoisotopic (exact) mass is 191 g/mol. The number of nitrogens with one attached hydrogen (secondary N) is 1. The van der Waals surface area contributed by atoms with E-state index in [-0.39, 0.29) is 12.5 Å². The Balaban J connectivity index is 2.31. The molecule has 0 aliphatic rings. The lowest BCUT2D eigenvalue weighted by atomic mass is 10.3. The molecule has 6 nitrogen and oxygen atoms in total. The van der Waals surface area contributed by atoms with Crippen LogP contribution in [-0.2, 0) is 11.3 Å². The van der Waals surface area contributed by atoms with E-state index in [1.165, 1.54) is 4.80 Å². The summed E-state index contributed by atoms with van der Waals surface area (Å²) in [5, 5.41) is 8.18. The third-order valence-electron chi connectivity index (χ3n) is 1.77. The minimum atomic E-state index is -0.328. The molecule has 1 amide bonds. The quantitative estimate of drug-likeness (QED) is 0.378. The Labute approximate surface area is 79.7 Å². The fraction of sp³-hybridized carbons (Fsp3) is 0.125. The van der Waals surface area contributed by atoms with Crippen LogP contribution in [0.25, 0.3) is 11.0 Å². The van der Waals surface area contributed by atoms with Gasteiger partial charge in [0, 0.05) is 0 Å². The Morgan fingerprint density at radius 2 is 1.93 bits per heavy atom. The molecule has 1 aromatic heterocycles. The smallest absolute Gasteiger partial charge is 0.257 e. The molecule has 0 aliphatic heterocycles. The van der Waals surface area contributed by atoms with Crippen LogP contribution in [0.3, 0.4) is 0 Å². The van der Waals surface area contributed by atoms with E-state index in [2.05, 4.69) is 10.2 Å². The summed E-state index contributed by atoms with van der Waals surface area (Å²) in [6.07, 6.45) is 0. The van der Waals surface area contributed by atoms with Crippen molar-refractivity contribution < 1.29 is 4.79 Å². The molecule has 2 aromatic rings. The second-order valence-electron chi connectivity index (χ2n) is 2.79. The first-order valence-corrected chi connectivity index (χ1v) is 4.09. The fourth-order valence-corrected chi connectivity index (χ4v) is 1.15. The molecule has 2 rings (SSSR count). The summed E-state index contributed by atoms with van der Waals surface area (Å²) in [6.45, 7) is 0.0329. The van der Waals surface area contributed by atoms with Gasteiger partial charge in [-0.25, -0.2) is 5.84 Å². The van der Waals surface area contributed by atoms with E-state index in [0.717, 1.165) is 11.0 Å². The number of hydrazine groups is 1. The second kappa shape index (κ2) is 3.43.